The summed E-state index contributed by atoms with van der Waals surface area (Å²) in [6, 6.07) is 5.75. The molecule has 0 radical (unpaired) electrons. The summed E-state index contributed by atoms with van der Waals surface area (Å²) in [6.45, 7) is 3.71. The normalized spacial score (nSPS) is 10.3. The first-order chi connectivity index (χ1) is 8.08. The summed E-state index contributed by atoms with van der Waals surface area (Å²) in [7, 11) is 0. The van der Waals surface area contributed by atoms with Gasteiger partial charge >= 0.3 is 0 Å². The Morgan fingerprint density at radius 1 is 1.41 bits per heavy atom. The van der Waals surface area contributed by atoms with Crippen LogP contribution in [0.1, 0.15) is 20.9 Å². The fourth-order valence-electron chi connectivity index (χ4n) is 1.35. The Kier molecular flexibility index (Phi) is 3.54. The molecule has 2 aromatic rings. The number of halogens is 1. The van der Waals surface area contributed by atoms with E-state index in [1.54, 1.807) is 6.92 Å². The second-order valence-corrected chi connectivity index (χ2v) is 5.27. The molecule has 0 unspecified atom stereocenters. The van der Waals surface area contributed by atoms with Crippen LogP contribution in [0.15, 0.2) is 22.7 Å². The Labute approximate surface area is 111 Å². The summed E-state index contributed by atoms with van der Waals surface area (Å²) in [5, 5.41) is 6.67. The smallest absolute Gasteiger partial charge is 0.269 e. The fraction of sp³-hybridized carbons (Fsp3) is 0.182. The number of aryl methyl sites for hydroxylation is 2. The molecule has 2 rings (SSSR count). The van der Waals surface area contributed by atoms with Gasteiger partial charge in [0.05, 0.1) is 5.69 Å². The maximum atomic E-state index is 12.0. The number of rotatable bonds is 2. The summed E-state index contributed by atoms with van der Waals surface area (Å²) in [5.74, 6) is -0.168. The molecule has 17 heavy (non-hydrogen) atoms. The quantitative estimate of drug-likeness (QED) is 0.926. The van der Waals surface area contributed by atoms with Crippen molar-refractivity contribution in [2.24, 2.45) is 0 Å². The average Bonchev–Trinajstić information content (AvgIpc) is 2.70. The van der Waals surface area contributed by atoms with Crippen molar-refractivity contribution in [3.8, 4) is 0 Å². The van der Waals surface area contributed by atoms with Crippen molar-refractivity contribution >= 4 is 39.1 Å². The molecule has 1 aromatic heterocycles. The largest absolute Gasteiger partial charge is 0.321 e. The first-order valence-electron chi connectivity index (χ1n) is 4.94. The molecule has 0 aliphatic heterocycles. The summed E-state index contributed by atoms with van der Waals surface area (Å²) >= 11 is 4.48. The van der Waals surface area contributed by atoms with Crippen molar-refractivity contribution in [2.45, 2.75) is 13.8 Å². The van der Waals surface area contributed by atoms with Gasteiger partial charge in [-0.3, -0.25) is 4.79 Å². The molecule has 1 N–H and O–H groups in total. The Bertz CT molecular complexity index is 568. The molecule has 0 fully saturated rings. The number of nitrogens with zero attached hydrogens (tertiary/aromatic N) is 2. The molecule has 1 aromatic carbocycles. The van der Waals surface area contributed by atoms with Gasteiger partial charge in [0.2, 0.25) is 0 Å². The zero-order chi connectivity index (χ0) is 12.4. The molecular formula is C11H10BrN3OS. The van der Waals surface area contributed by atoms with Crippen molar-refractivity contribution in [1.82, 2.24) is 9.59 Å². The van der Waals surface area contributed by atoms with Gasteiger partial charge in [0.15, 0.2) is 0 Å². The Morgan fingerprint density at radius 2 is 2.18 bits per heavy atom. The maximum Gasteiger partial charge on any atom is 0.269 e. The minimum atomic E-state index is -0.168. The number of hydrogen-bond donors (Lipinski definition) is 1. The van der Waals surface area contributed by atoms with E-state index in [0.717, 1.165) is 27.3 Å². The van der Waals surface area contributed by atoms with E-state index in [1.807, 2.05) is 25.1 Å². The van der Waals surface area contributed by atoms with Gasteiger partial charge in [-0.2, -0.15) is 0 Å². The van der Waals surface area contributed by atoms with Crippen molar-refractivity contribution < 1.29 is 4.79 Å². The molecule has 0 saturated carbocycles. The van der Waals surface area contributed by atoms with Crippen LogP contribution >= 0.6 is 27.5 Å². The van der Waals surface area contributed by atoms with Gasteiger partial charge in [0, 0.05) is 10.2 Å². The minimum Gasteiger partial charge on any atom is -0.321 e. The van der Waals surface area contributed by atoms with E-state index in [4.69, 9.17) is 0 Å². The number of carbonyl (C=O) groups excluding carboxylic acids is 1. The number of nitrogens with one attached hydrogen (secondary N) is 1. The number of hydrogen-bond acceptors (Lipinski definition) is 4. The van der Waals surface area contributed by atoms with E-state index in [-0.39, 0.29) is 5.91 Å². The van der Waals surface area contributed by atoms with Gasteiger partial charge in [-0.1, -0.05) is 26.5 Å². The molecule has 1 heterocycles. The van der Waals surface area contributed by atoms with Crippen molar-refractivity contribution in [3.63, 3.8) is 0 Å². The van der Waals surface area contributed by atoms with Gasteiger partial charge in [0.1, 0.15) is 4.88 Å². The molecule has 1 amide bonds. The predicted molar refractivity (Wildman–Crippen MR) is 71.5 cm³/mol. The molecule has 4 nitrogen and oxygen atoms in total. The molecule has 6 heteroatoms. The lowest BCUT2D eigenvalue weighted by Crippen LogP contribution is -2.12. The van der Waals surface area contributed by atoms with Gasteiger partial charge in [-0.05, 0) is 43.1 Å². The van der Waals surface area contributed by atoms with Crippen molar-refractivity contribution in [2.75, 3.05) is 5.32 Å². The number of carbonyl (C=O) groups is 1. The SMILES string of the molecule is Cc1ccc(Br)cc1NC(=O)c1snnc1C. The zero-order valence-corrected chi connectivity index (χ0v) is 11.7. The highest BCUT2D eigenvalue weighted by Crippen LogP contribution is 2.22. The molecule has 88 valence electrons. The molecule has 0 aliphatic carbocycles. The van der Waals surface area contributed by atoms with Crippen molar-refractivity contribution in [1.29, 1.82) is 0 Å². The topological polar surface area (TPSA) is 54.9 Å². The van der Waals surface area contributed by atoms with E-state index in [2.05, 4.69) is 30.8 Å². The third-order valence-corrected chi connectivity index (χ3v) is 3.63. The Morgan fingerprint density at radius 3 is 2.82 bits per heavy atom. The summed E-state index contributed by atoms with van der Waals surface area (Å²) < 4.78 is 4.67. The Hall–Kier alpha value is -1.27. The van der Waals surface area contributed by atoms with Crippen LogP contribution in [-0.2, 0) is 0 Å². The lowest BCUT2D eigenvalue weighted by atomic mass is 10.2. The average molecular weight is 312 g/mol. The van der Waals surface area contributed by atoms with E-state index < -0.39 is 0 Å². The highest BCUT2D eigenvalue weighted by atomic mass is 79.9. The lowest BCUT2D eigenvalue weighted by Gasteiger charge is -2.07. The number of benzene rings is 1. The van der Waals surface area contributed by atoms with Crippen LogP contribution in [0.5, 0.6) is 0 Å². The van der Waals surface area contributed by atoms with Crippen LogP contribution in [0.4, 0.5) is 5.69 Å². The molecular weight excluding hydrogens is 302 g/mol. The Balaban J connectivity index is 2.24. The number of aromatic nitrogens is 2. The van der Waals surface area contributed by atoms with E-state index in [0.29, 0.717) is 10.6 Å². The van der Waals surface area contributed by atoms with Gasteiger partial charge in [-0.15, -0.1) is 5.10 Å². The van der Waals surface area contributed by atoms with Gasteiger partial charge in [-0.25, -0.2) is 0 Å². The maximum absolute atomic E-state index is 12.0. The molecule has 0 spiro atoms. The third-order valence-electron chi connectivity index (χ3n) is 2.31. The molecule has 0 atom stereocenters. The van der Waals surface area contributed by atoms with Crippen LogP contribution in [0.2, 0.25) is 0 Å². The first-order valence-corrected chi connectivity index (χ1v) is 6.51. The van der Waals surface area contributed by atoms with Crippen LogP contribution in [0, 0.1) is 13.8 Å². The monoisotopic (exact) mass is 311 g/mol. The highest BCUT2D eigenvalue weighted by Gasteiger charge is 2.14. The highest BCUT2D eigenvalue weighted by molar-refractivity contribution is 9.10. The minimum absolute atomic E-state index is 0.168. The standard InChI is InChI=1S/C11H10BrN3OS/c1-6-3-4-8(12)5-9(6)13-11(16)10-7(2)14-15-17-10/h3-5H,1-2H3,(H,13,16). The summed E-state index contributed by atoms with van der Waals surface area (Å²) in [5.41, 5.74) is 2.45. The second kappa shape index (κ2) is 4.93. The van der Waals surface area contributed by atoms with E-state index in [9.17, 15) is 4.79 Å². The summed E-state index contributed by atoms with van der Waals surface area (Å²) in [4.78, 5) is 12.5. The van der Waals surface area contributed by atoms with Gasteiger partial charge in [0.25, 0.3) is 5.91 Å². The van der Waals surface area contributed by atoms with E-state index in [1.165, 1.54) is 0 Å². The predicted octanol–water partition coefficient (Wildman–Crippen LogP) is 3.17. The van der Waals surface area contributed by atoms with Crippen LogP contribution in [-0.4, -0.2) is 15.5 Å². The molecule has 0 saturated heterocycles. The molecule has 0 aliphatic rings. The van der Waals surface area contributed by atoms with Crippen molar-refractivity contribution in [3.05, 3.63) is 38.8 Å². The van der Waals surface area contributed by atoms with Crippen LogP contribution in [0.25, 0.3) is 0 Å². The summed E-state index contributed by atoms with van der Waals surface area (Å²) in [6.07, 6.45) is 0. The first kappa shape index (κ1) is 12.2. The van der Waals surface area contributed by atoms with Crippen LogP contribution in [0.3, 0.4) is 0 Å². The molecule has 0 bridgehead atoms. The van der Waals surface area contributed by atoms with E-state index >= 15 is 0 Å². The fourth-order valence-corrected chi connectivity index (χ4v) is 2.26. The van der Waals surface area contributed by atoms with Gasteiger partial charge < -0.3 is 5.32 Å². The lowest BCUT2D eigenvalue weighted by molar-refractivity contribution is 0.102. The van der Waals surface area contributed by atoms with Crippen LogP contribution < -0.4 is 5.32 Å². The zero-order valence-electron chi connectivity index (χ0n) is 9.32. The third kappa shape index (κ3) is 2.70. The second-order valence-electron chi connectivity index (χ2n) is 3.60. The number of amides is 1. The number of anilines is 1.